The maximum atomic E-state index is 12.1. The van der Waals surface area contributed by atoms with Gasteiger partial charge in [0.25, 0.3) is 0 Å². The van der Waals surface area contributed by atoms with Crippen LogP contribution < -0.4 is 9.62 Å². The third-order valence-corrected chi connectivity index (χ3v) is 4.35. The highest BCUT2D eigenvalue weighted by molar-refractivity contribution is 7.92. The Morgan fingerprint density at radius 1 is 1.24 bits per heavy atom. The van der Waals surface area contributed by atoms with Crippen LogP contribution in [0, 0.1) is 5.92 Å². The van der Waals surface area contributed by atoms with Crippen LogP contribution in [0.1, 0.15) is 20.8 Å². The van der Waals surface area contributed by atoms with Crippen molar-refractivity contribution in [1.82, 2.24) is 5.32 Å². The number of anilines is 1. The Labute approximate surface area is 131 Å². The molecule has 1 N–H and O–H groups in total. The van der Waals surface area contributed by atoms with E-state index in [4.69, 9.17) is 11.6 Å². The first-order valence-corrected chi connectivity index (χ1v) is 8.88. The van der Waals surface area contributed by atoms with Crippen LogP contribution in [0.4, 0.5) is 5.69 Å². The predicted molar refractivity (Wildman–Crippen MR) is 86.1 cm³/mol. The maximum Gasteiger partial charge on any atom is 0.243 e. The zero-order valence-corrected chi connectivity index (χ0v) is 14.2. The van der Waals surface area contributed by atoms with Gasteiger partial charge in [-0.15, -0.1) is 0 Å². The van der Waals surface area contributed by atoms with Crippen LogP contribution in [0.25, 0.3) is 0 Å². The van der Waals surface area contributed by atoms with Crippen LogP contribution in [0.3, 0.4) is 0 Å². The van der Waals surface area contributed by atoms with Crippen LogP contribution in [-0.4, -0.2) is 33.2 Å². The van der Waals surface area contributed by atoms with Crippen molar-refractivity contribution in [2.45, 2.75) is 26.8 Å². The van der Waals surface area contributed by atoms with E-state index in [1.54, 1.807) is 31.2 Å². The standard InChI is InChI=1S/C14H21ClN2O3S/c1-10(2)9-16-14(18)11(3)17(21(4,19)20)13-7-5-12(15)6-8-13/h5-8,10-11H,9H2,1-4H3,(H,16,18)/t11-/m0/s1. The summed E-state index contributed by atoms with van der Waals surface area (Å²) in [5.41, 5.74) is 0.411. The lowest BCUT2D eigenvalue weighted by molar-refractivity contribution is -0.121. The number of rotatable bonds is 6. The van der Waals surface area contributed by atoms with Crippen LogP contribution in [0.5, 0.6) is 0 Å². The minimum absolute atomic E-state index is 0.295. The molecule has 0 radical (unpaired) electrons. The van der Waals surface area contributed by atoms with Gasteiger partial charge in [0, 0.05) is 11.6 Å². The summed E-state index contributed by atoms with van der Waals surface area (Å²) in [5, 5.41) is 3.25. The van der Waals surface area contributed by atoms with Crippen LogP contribution >= 0.6 is 11.6 Å². The van der Waals surface area contributed by atoms with Crippen LogP contribution in [0.15, 0.2) is 24.3 Å². The second-order valence-electron chi connectivity index (χ2n) is 5.35. The highest BCUT2D eigenvalue weighted by atomic mass is 35.5. The lowest BCUT2D eigenvalue weighted by atomic mass is 10.2. The highest BCUT2D eigenvalue weighted by Gasteiger charge is 2.28. The predicted octanol–water partition coefficient (Wildman–Crippen LogP) is 2.27. The van der Waals surface area contributed by atoms with Gasteiger partial charge in [-0.3, -0.25) is 9.10 Å². The quantitative estimate of drug-likeness (QED) is 0.869. The molecule has 1 aromatic carbocycles. The first-order chi connectivity index (χ1) is 9.62. The number of amides is 1. The van der Waals surface area contributed by atoms with E-state index in [0.29, 0.717) is 23.2 Å². The average molecular weight is 333 g/mol. The molecule has 0 aromatic heterocycles. The molecule has 0 aliphatic carbocycles. The second kappa shape index (κ2) is 7.13. The monoisotopic (exact) mass is 332 g/mol. The highest BCUT2D eigenvalue weighted by Crippen LogP contribution is 2.22. The number of sulfonamides is 1. The van der Waals surface area contributed by atoms with Crippen molar-refractivity contribution in [2.24, 2.45) is 5.92 Å². The van der Waals surface area contributed by atoms with E-state index in [2.05, 4.69) is 5.32 Å². The maximum absolute atomic E-state index is 12.1. The molecule has 1 atom stereocenters. The molecule has 7 heteroatoms. The van der Waals surface area contributed by atoms with Gasteiger partial charge in [0.2, 0.25) is 15.9 Å². The Balaban J connectivity index is 3.03. The van der Waals surface area contributed by atoms with Crippen molar-refractivity contribution < 1.29 is 13.2 Å². The molecule has 118 valence electrons. The van der Waals surface area contributed by atoms with Gasteiger partial charge in [-0.25, -0.2) is 8.42 Å². The van der Waals surface area contributed by atoms with E-state index in [1.807, 2.05) is 13.8 Å². The van der Waals surface area contributed by atoms with Gasteiger partial charge in [0.15, 0.2) is 0 Å². The molecule has 0 unspecified atom stereocenters. The summed E-state index contributed by atoms with van der Waals surface area (Å²) in [7, 11) is -3.58. The van der Waals surface area contributed by atoms with E-state index in [1.165, 1.54) is 0 Å². The van der Waals surface area contributed by atoms with E-state index in [9.17, 15) is 13.2 Å². The molecule has 0 aliphatic rings. The number of nitrogens with one attached hydrogen (secondary N) is 1. The molecular weight excluding hydrogens is 312 g/mol. The van der Waals surface area contributed by atoms with Gasteiger partial charge in [-0.2, -0.15) is 0 Å². The third-order valence-electron chi connectivity index (χ3n) is 2.85. The first-order valence-electron chi connectivity index (χ1n) is 6.65. The summed E-state index contributed by atoms with van der Waals surface area (Å²) in [6, 6.07) is 5.51. The number of carbonyl (C=O) groups excluding carboxylic acids is 1. The molecule has 21 heavy (non-hydrogen) atoms. The number of hydrogen-bond donors (Lipinski definition) is 1. The van der Waals surface area contributed by atoms with Crippen molar-refractivity contribution in [3.05, 3.63) is 29.3 Å². The number of carbonyl (C=O) groups is 1. The van der Waals surface area contributed by atoms with Gasteiger partial charge in [-0.1, -0.05) is 25.4 Å². The molecule has 0 aliphatic heterocycles. The fraction of sp³-hybridized carbons (Fsp3) is 0.500. The van der Waals surface area contributed by atoms with Crippen molar-refractivity contribution >= 4 is 33.2 Å². The number of halogens is 1. The molecule has 0 saturated carbocycles. The zero-order valence-electron chi connectivity index (χ0n) is 12.6. The normalized spacial score (nSPS) is 13.0. The Bertz CT molecular complexity index is 585. The van der Waals surface area contributed by atoms with E-state index in [0.717, 1.165) is 10.6 Å². The second-order valence-corrected chi connectivity index (χ2v) is 7.65. The molecule has 0 bridgehead atoms. The first kappa shape index (κ1) is 17.8. The molecule has 0 heterocycles. The fourth-order valence-electron chi connectivity index (χ4n) is 1.85. The molecule has 1 aromatic rings. The van der Waals surface area contributed by atoms with Crippen molar-refractivity contribution in [3.63, 3.8) is 0 Å². The van der Waals surface area contributed by atoms with E-state index < -0.39 is 16.1 Å². The van der Waals surface area contributed by atoms with Gasteiger partial charge >= 0.3 is 0 Å². The lowest BCUT2D eigenvalue weighted by Gasteiger charge is -2.28. The third kappa shape index (κ3) is 5.21. The summed E-state index contributed by atoms with van der Waals surface area (Å²) in [6.07, 6.45) is 1.08. The largest absolute Gasteiger partial charge is 0.354 e. The number of benzene rings is 1. The van der Waals surface area contributed by atoms with E-state index >= 15 is 0 Å². The Hall–Kier alpha value is -1.27. The van der Waals surface area contributed by atoms with Gasteiger partial charge in [0.1, 0.15) is 6.04 Å². The molecule has 0 fully saturated rings. The Morgan fingerprint density at radius 3 is 2.19 bits per heavy atom. The summed E-state index contributed by atoms with van der Waals surface area (Å²) in [4.78, 5) is 12.1. The fourth-order valence-corrected chi connectivity index (χ4v) is 3.15. The lowest BCUT2D eigenvalue weighted by Crippen LogP contribution is -2.48. The molecule has 0 saturated heterocycles. The smallest absolute Gasteiger partial charge is 0.243 e. The molecule has 0 spiro atoms. The SMILES string of the molecule is CC(C)CNC(=O)[C@H](C)N(c1ccc(Cl)cc1)S(C)(=O)=O. The topological polar surface area (TPSA) is 66.5 Å². The molecular formula is C14H21ClN2O3S. The molecule has 1 rings (SSSR count). The summed E-state index contributed by atoms with van der Waals surface area (Å²) < 4.78 is 25.1. The van der Waals surface area contributed by atoms with Crippen molar-refractivity contribution in [3.8, 4) is 0 Å². The van der Waals surface area contributed by atoms with Crippen LogP contribution in [-0.2, 0) is 14.8 Å². The van der Waals surface area contributed by atoms with E-state index in [-0.39, 0.29) is 5.91 Å². The Morgan fingerprint density at radius 2 is 1.76 bits per heavy atom. The zero-order chi connectivity index (χ0) is 16.2. The Kier molecular flexibility index (Phi) is 6.04. The molecule has 1 amide bonds. The van der Waals surface area contributed by atoms with Gasteiger partial charge in [-0.05, 0) is 37.1 Å². The minimum atomic E-state index is -3.58. The summed E-state index contributed by atoms with van der Waals surface area (Å²) in [5.74, 6) is -0.0348. The minimum Gasteiger partial charge on any atom is -0.354 e. The van der Waals surface area contributed by atoms with Crippen LogP contribution in [0.2, 0.25) is 5.02 Å². The molecule has 5 nitrogen and oxygen atoms in total. The summed E-state index contributed by atoms with van der Waals surface area (Å²) in [6.45, 7) is 6.00. The number of hydrogen-bond acceptors (Lipinski definition) is 3. The number of nitrogens with zero attached hydrogens (tertiary/aromatic N) is 1. The van der Waals surface area contributed by atoms with Crippen molar-refractivity contribution in [1.29, 1.82) is 0 Å². The van der Waals surface area contributed by atoms with Gasteiger partial charge in [0.05, 0.1) is 11.9 Å². The van der Waals surface area contributed by atoms with Gasteiger partial charge < -0.3 is 5.32 Å². The summed E-state index contributed by atoms with van der Waals surface area (Å²) >= 11 is 5.81. The van der Waals surface area contributed by atoms with Crippen molar-refractivity contribution in [2.75, 3.05) is 17.1 Å². The average Bonchev–Trinajstić information content (AvgIpc) is 2.36.